The largest absolute Gasteiger partial charge is 0.466 e. The van der Waals surface area contributed by atoms with Gasteiger partial charge in [0, 0.05) is 17.3 Å². The van der Waals surface area contributed by atoms with Gasteiger partial charge in [0.25, 0.3) is 0 Å². The van der Waals surface area contributed by atoms with Gasteiger partial charge < -0.3 is 9.73 Å². The molecule has 0 unspecified atom stereocenters. The third-order valence-electron chi connectivity index (χ3n) is 3.15. The number of aryl methyl sites for hydroxylation is 2. The molecule has 0 atom stereocenters. The summed E-state index contributed by atoms with van der Waals surface area (Å²) in [7, 11) is 0. The maximum Gasteiger partial charge on any atom is 0.224 e. The Morgan fingerprint density at radius 1 is 1.32 bits per heavy atom. The molecular formula is C16H15BrFNO3. The number of halogens is 2. The van der Waals surface area contributed by atoms with Gasteiger partial charge in [-0.3, -0.25) is 9.59 Å². The number of hydrogen-bond acceptors (Lipinski definition) is 3. The fourth-order valence-electron chi connectivity index (χ4n) is 2.06. The van der Waals surface area contributed by atoms with Gasteiger partial charge >= 0.3 is 0 Å². The number of Topliss-reactive ketones (excluding diaryl/α,β-unsaturated/α-hetero) is 1. The molecule has 4 nitrogen and oxygen atoms in total. The molecule has 1 aromatic carbocycles. The van der Waals surface area contributed by atoms with Crippen LogP contribution in [0.15, 0.2) is 33.2 Å². The molecule has 2 rings (SSSR count). The zero-order valence-electron chi connectivity index (χ0n) is 12.2. The lowest BCUT2D eigenvalue weighted by molar-refractivity contribution is -0.116. The van der Waals surface area contributed by atoms with Crippen molar-refractivity contribution in [3.05, 3.63) is 51.6 Å². The lowest BCUT2D eigenvalue weighted by Gasteiger charge is -2.06. The Balaban J connectivity index is 1.95. The number of amides is 1. The molecule has 0 bridgehead atoms. The van der Waals surface area contributed by atoms with E-state index >= 15 is 0 Å². The zero-order chi connectivity index (χ0) is 16.3. The number of carbonyl (C=O) groups excluding carboxylic acids is 2. The Kier molecular flexibility index (Phi) is 5.13. The van der Waals surface area contributed by atoms with Crippen LogP contribution in [0.2, 0.25) is 0 Å². The van der Waals surface area contributed by atoms with Gasteiger partial charge in [-0.15, -0.1) is 0 Å². The molecule has 2 aromatic rings. The maximum absolute atomic E-state index is 13.6. The SMILES string of the molecule is CC(=O)c1cc(CCC(=O)Nc2ccc(Br)cc2F)oc1C. The zero-order valence-corrected chi connectivity index (χ0v) is 13.8. The van der Waals surface area contributed by atoms with Gasteiger partial charge in [-0.05, 0) is 38.1 Å². The molecule has 1 heterocycles. The second-order valence-corrected chi connectivity index (χ2v) is 5.83. The van der Waals surface area contributed by atoms with E-state index in [1.54, 1.807) is 19.1 Å². The van der Waals surface area contributed by atoms with Crippen LogP contribution < -0.4 is 5.32 Å². The van der Waals surface area contributed by atoms with E-state index in [0.717, 1.165) is 0 Å². The minimum Gasteiger partial charge on any atom is -0.466 e. The Morgan fingerprint density at radius 3 is 2.64 bits per heavy atom. The normalized spacial score (nSPS) is 10.5. The Bertz CT molecular complexity index is 724. The van der Waals surface area contributed by atoms with Crippen LogP contribution in [0.25, 0.3) is 0 Å². The summed E-state index contributed by atoms with van der Waals surface area (Å²) in [4.78, 5) is 23.2. The summed E-state index contributed by atoms with van der Waals surface area (Å²) in [5, 5.41) is 2.51. The van der Waals surface area contributed by atoms with E-state index in [0.29, 0.717) is 28.0 Å². The number of benzene rings is 1. The highest BCUT2D eigenvalue weighted by Gasteiger charge is 2.13. The molecule has 0 radical (unpaired) electrons. The first-order chi connectivity index (χ1) is 10.4. The van der Waals surface area contributed by atoms with Crippen LogP contribution in [0.1, 0.15) is 35.2 Å². The van der Waals surface area contributed by atoms with Crippen LogP contribution in [0, 0.1) is 12.7 Å². The van der Waals surface area contributed by atoms with Crippen molar-refractivity contribution in [1.29, 1.82) is 0 Å². The third-order valence-corrected chi connectivity index (χ3v) is 3.65. The molecule has 0 aliphatic rings. The lowest BCUT2D eigenvalue weighted by atomic mass is 10.1. The molecule has 6 heteroatoms. The molecule has 0 aliphatic carbocycles. The first-order valence-electron chi connectivity index (χ1n) is 6.72. The van der Waals surface area contributed by atoms with Gasteiger partial charge in [0.2, 0.25) is 5.91 Å². The molecule has 0 saturated carbocycles. The second kappa shape index (κ2) is 6.87. The van der Waals surface area contributed by atoms with Crippen LogP contribution in [-0.2, 0) is 11.2 Å². The van der Waals surface area contributed by atoms with Crippen molar-refractivity contribution in [3.8, 4) is 0 Å². The minimum absolute atomic E-state index is 0.0751. The summed E-state index contributed by atoms with van der Waals surface area (Å²) in [5.41, 5.74) is 0.655. The molecule has 0 spiro atoms. The number of carbonyl (C=O) groups is 2. The number of ketones is 1. The summed E-state index contributed by atoms with van der Waals surface area (Å²) < 4.78 is 19.7. The Labute approximate surface area is 135 Å². The van der Waals surface area contributed by atoms with Crippen molar-refractivity contribution in [2.75, 3.05) is 5.32 Å². The highest BCUT2D eigenvalue weighted by molar-refractivity contribution is 9.10. The molecule has 1 N–H and O–H groups in total. The monoisotopic (exact) mass is 367 g/mol. The first kappa shape index (κ1) is 16.4. The van der Waals surface area contributed by atoms with Gasteiger partial charge in [0.05, 0.1) is 11.3 Å². The average molecular weight is 368 g/mol. The predicted molar refractivity (Wildman–Crippen MR) is 84.5 cm³/mol. The van der Waals surface area contributed by atoms with Crippen LogP contribution in [-0.4, -0.2) is 11.7 Å². The lowest BCUT2D eigenvalue weighted by Crippen LogP contribution is -2.13. The number of anilines is 1. The van der Waals surface area contributed by atoms with Gasteiger partial charge in [0.15, 0.2) is 5.78 Å². The minimum atomic E-state index is -0.504. The van der Waals surface area contributed by atoms with E-state index in [2.05, 4.69) is 21.2 Å². The van der Waals surface area contributed by atoms with E-state index in [4.69, 9.17) is 4.42 Å². The number of rotatable bonds is 5. The first-order valence-corrected chi connectivity index (χ1v) is 7.51. The van der Waals surface area contributed by atoms with Crippen molar-refractivity contribution >= 4 is 33.3 Å². The smallest absolute Gasteiger partial charge is 0.224 e. The summed E-state index contributed by atoms with van der Waals surface area (Å²) in [6, 6.07) is 6.06. The summed E-state index contributed by atoms with van der Waals surface area (Å²) in [6.45, 7) is 3.17. The highest BCUT2D eigenvalue weighted by atomic mass is 79.9. The Hall–Kier alpha value is -1.95. The molecule has 0 saturated heterocycles. The standard InChI is InChI=1S/C16H15BrFNO3/c1-9(20)13-8-12(22-10(13)2)4-6-16(21)19-15-5-3-11(17)7-14(15)18/h3,5,7-8H,4,6H2,1-2H3,(H,19,21). The number of nitrogens with one attached hydrogen (secondary N) is 1. The quantitative estimate of drug-likeness (QED) is 0.803. The molecule has 22 heavy (non-hydrogen) atoms. The molecule has 0 fully saturated rings. The van der Waals surface area contributed by atoms with Crippen molar-refractivity contribution in [2.45, 2.75) is 26.7 Å². The van der Waals surface area contributed by atoms with Crippen molar-refractivity contribution in [2.24, 2.45) is 0 Å². The third kappa shape index (κ3) is 4.04. The van der Waals surface area contributed by atoms with Crippen LogP contribution in [0.4, 0.5) is 10.1 Å². The van der Waals surface area contributed by atoms with Gasteiger partial charge in [0.1, 0.15) is 17.3 Å². The molecule has 0 aliphatic heterocycles. The van der Waals surface area contributed by atoms with Gasteiger partial charge in [-0.1, -0.05) is 15.9 Å². The van der Waals surface area contributed by atoms with Crippen LogP contribution >= 0.6 is 15.9 Å². The highest BCUT2D eigenvalue weighted by Crippen LogP contribution is 2.20. The van der Waals surface area contributed by atoms with E-state index in [1.807, 2.05) is 0 Å². The van der Waals surface area contributed by atoms with E-state index in [-0.39, 0.29) is 23.8 Å². The fourth-order valence-corrected chi connectivity index (χ4v) is 2.39. The van der Waals surface area contributed by atoms with E-state index < -0.39 is 5.82 Å². The van der Waals surface area contributed by atoms with E-state index in [1.165, 1.54) is 19.1 Å². The van der Waals surface area contributed by atoms with Gasteiger partial charge in [-0.2, -0.15) is 0 Å². The number of hydrogen-bond donors (Lipinski definition) is 1. The summed E-state index contributed by atoms with van der Waals surface area (Å²) >= 11 is 3.15. The topological polar surface area (TPSA) is 59.3 Å². The molecule has 1 aromatic heterocycles. The van der Waals surface area contributed by atoms with E-state index in [9.17, 15) is 14.0 Å². The second-order valence-electron chi connectivity index (χ2n) is 4.91. The van der Waals surface area contributed by atoms with Gasteiger partial charge in [-0.25, -0.2) is 4.39 Å². The maximum atomic E-state index is 13.6. The molecular weight excluding hydrogens is 353 g/mol. The predicted octanol–water partition coefficient (Wildman–Crippen LogP) is 4.26. The fraction of sp³-hybridized carbons (Fsp3) is 0.250. The van der Waals surface area contributed by atoms with Crippen molar-refractivity contribution in [3.63, 3.8) is 0 Å². The van der Waals surface area contributed by atoms with Crippen LogP contribution in [0.5, 0.6) is 0 Å². The summed E-state index contributed by atoms with van der Waals surface area (Å²) in [6.07, 6.45) is 0.484. The van der Waals surface area contributed by atoms with Crippen molar-refractivity contribution < 1.29 is 18.4 Å². The average Bonchev–Trinajstić information content (AvgIpc) is 2.81. The summed E-state index contributed by atoms with van der Waals surface area (Å²) in [5.74, 6) is 0.208. The van der Waals surface area contributed by atoms with Crippen molar-refractivity contribution in [1.82, 2.24) is 0 Å². The number of furan rings is 1. The van der Waals surface area contributed by atoms with Crippen LogP contribution in [0.3, 0.4) is 0 Å². The molecule has 116 valence electrons. The molecule has 1 amide bonds. The Morgan fingerprint density at radius 2 is 2.05 bits per heavy atom.